The van der Waals surface area contributed by atoms with E-state index < -0.39 is 40.6 Å². The number of halogens is 5. The summed E-state index contributed by atoms with van der Waals surface area (Å²) in [6.07, 6.45) is 0. The molecule has 120 valence electrons. The van der Waals surface area contributed by atoms with E-state index in [-0.39, 0.29) is 5.71 Å². The number of oxime groups is 1. The van der Waals surface area contributed by atoms with Crippen molar-refractivity contribution in [3.05, 3.63) is 70.5 Å². The molecule has 0 N–H and O–H groups in total. The summed E-state index contributed by atoms with van der Waals surface area (Å²) in [4.78, 5) is 15.8. The molecule has 0 spiro atoms. The van der Waals surface area contributed by atoms with Crippen LogP contribution in [0.5, 0.6) is 0 Å². The third-order valence-corrected chi connectivity index (χ3v) is 2.87. The Hall–Kier alpha value is -2.77. The third kappa shape index (κ3) is 3.20. The summed E-state index contributed by atoms with van der Waals surface area (Å²) in [7, 11) is 0. The fourth-order valence-electron chi connectivity index (χ4n) is 1.67. The van der Waals surface area contributed by atoms with Crippen molar-refractivity contribution in [3.63, 3.8) is 0 Å². The molecule has 2 aromatic carbocycles. The largest absolute Gasteiger partial charge is 0.371 e. The molecule has 0 aromatic heterocycles. The van der Waals surface area contributed by atoms with Crippen LogP contribution in [0.3, 0.4) is 0 Å². The molecule has 0 unspecified atom stereocenters. The van der Waals surface area contributed by atoms with Gasteiger partial charge in [0.2, 0.25) is 5.82 Å². The molecule has 2 aromatic rings. The fourth-order valence-corrected chi connectivity index (χ4v) is 1.67. The van der Waals surface area contributed by atoms with E-state index in [4.69, 9.17) is 0 Å². The van der Waals surface area contributed by atoms with Gasteiger partial charge in [-0.1, -0.05) is 35.5 Å². The molecule has 0 aliphatic rings. The van der Waals surface area contributed by atoms with Crippen LogP contribution in [0.2, 0.25) is 0 Å². The molecule has 0 atom stereocenters. The van der Waals surface area contributed by atoms with Gasteiger partial charge in [-0.05, 0) is 12.5 Å². The van der Waals surface area contributed by atoms with Crippen LogP contribution in [-0.4, -0.2) is 11.7 Å². The highest BCUT2D eigenvalue weighted by molar-refractivity contribution is 5.99. The third-order valence-electron chi connectivity index (χ3n) is 2.87. The molecule has 0 saturated carbocycles. The highest BCUT2D eigenvalue weighted by atomic mass is 19.2. The minimum absolute atomic E-state index is 0.169. The number of nitrogens with zero attached hydrogens (tertiary/aromatic N) is 1. The van der Waals surface area contributed by atoms with Gasteiger partial charge in [0.05, 0.1) is 5.71 Å². The lowest BCUT2D eigenvalue weighted by molar-refractivity contribution is 0.0501. The minimum atomic E-state index is -2.36. The molecule has 0 aliphatic heterocycles. The first-order valence-corrected chi connectivity index (χ1v) is 6.17. The molecule has 0 aliphatic carbocycles. The van der Waals surface area contributed by atoms with Crippen molar-refractivity contribution in [1.82, 2.24) is 0 Å². The van der Waals surface area contributed by atoms with Crippen molar-refractivity contribution >= 4 is 11.7 Å². The normalized spacial score (nSPS) is 11.5. The van der Waals surface area contributed by atoms with Crippen LogP contribution < -0.4 is 0 Å². The van der Waals surface area contributed by atoms with Crippen LogP contribution in [0.1, 0.15) is 22.8 Å². The van der Waals surface area contributed by atoms with Crippen molar-refractivity contribution in [1.29, 1.82) is 0 Å². The summed E-state index contributed by atoms with van der Waals surface area (Å²) in [5, 5.41) is 3.33. The van der Waals surface area contributed by atoms with E-state index in [1.54, 1.807) is 30.3 Å². The maximum absolute atomic E-state index is 13.4. The lowest BCUT2D eigenvalue weighted by atomic mass is 10.1. The molecule has 23 heavy (non-hydrogen) atoms. The van der Waals surface area contributed by atoms with Crippen molar-refractivity contribution in [3.8, 4) is 0 Å². The monoisotopic (exact) mass is 329 g/mol. The maximum Gasteiger partial charge on any atom is 0.371 e. The van der Waals surface area contributed by atoms with Gasteiger partial charge in [-0.15, -0.1) is 0 Å². The van der Waals surface area contributed by atoms with Gasteiger partial charge in [0.15, 0.2) is 23.3 Å². The molecule has 0 bridgehead atoms. The summed E-state index contributed by atoms with van der Waals surface area (Å²) in [5.74, 6) is -13.2. The Morgan fingerprint density at radius 3 is 1.87 bits per heavy atom. The first kappa shape index (κ1) is 16.6. The molecule has 0 saturated heterocycles. The van der Waals surface area contributed by atoms with E-state index in [9.17, 15) is 26.7 Å². The standard InChI is InChI=1S/C15H8F5NO2/c1-7(8-5-3-2-4-6-8)21-23-15(22)9-10(16)12(18)14(20)13(19)11(9)17/h2-6H,1H3/b21-7-. The molecule has 2 rings (SSSR count). The number of rotatable bonds is 3. The smallest absolute Gasteiger partial charge is 0.312 e. The zero-order chi connectivity index (χ0) is 17.1. The molecular formula is C15H8F5NO2. The number of hydrogen-bond donors (Lipinski definition) is 0. The van der Waals surface area contributed by atoms with Gasteiger partial charge in [-0.25, -0.2) is 26.7 Å². The molecular weight excluding hydrogens is 321 g/mol. The van der Waals surface area contributed by atoms with E-state index in [0.717, 1.165) is 0 Å². The topological polar surface area (TPSA) is 38.7 Å². The number of carbonyl (C=O) groups is 1. The number of benzene rings is 2. The molecule has 8 heteroatoms. The molecule has 3 nitrogen and oxygen atoms in total. The van der Waals surface area contributed by atoms with Gasteiger partial charge in [-0.2, -0.15) is 0 Å². The summed E-state index contributed by atoms with van der Waals surface area (Å²) >= 11 is 0. The minimum Gasteiger partial charge on any atom is -0.312 e. The van der Waals surface area contributed by atoms with Gasteiger partial charge in [0.1, 0.15) is 5.56 Å². The summed E-state index contributed by atoms with van der Waals surface area (Å²) in [5.41, 5.74) is -0.994. The van der Waals surface area contributed by atoms with Crippen LogP contribution in [0, 0.1) is 29.1 Å². The predicted octanol–water partition coefficient (Wildman–Crippen LogP) is 3.96. The van der Waals surface area contributed by atoms with Crippen LogP contribution in [0.25, 0.3) is 0 Å². The van der Waals surface area contributed by atoms with Crippen LogP contribution in [-0.2, 0) is 4.84 Å². The Labute approximate surface area is 127 Å². The van der Waals surface area contributed by atoms with Crippen molar-refractivity contribution in [2.45, 2.75) is 6.92 Å². The van der Waals surface area contributed by atoms with Crippen molar-refractivity contribution < 1.29 is 31.6 Å². The first-order valence-electron chi connectivity index (χ1n) is 6.17. The average molecular weight is 329 g/mol. The Morgan fingerprint density at radius 1 is 0.870 bits per heavy atom. The van der Waals surface area contributed by atoms with Crippen LogP contribution in [0.4, 0.5) is 22.0 Å². The van der Waals surface area contributed by atoms with E-state index >= 15 is 0 Å². The zero-order valence-corrected chi connectivity index (χ0v) is 11.5. The van der Waals surface area contributed by atoms with Crippen molar-refractivity contribution in [2.24, 2.45) is 5.16 Å². The maximum atomic E-state index is 13.4. The second-order valence-corrected chi connectivity index (χ2v) is 4.37. The van der Waals surface area contributed by atoms with E-state index in [1.807, 2.05) is 0 Å². The molecule has 0 fully saturated rings. The highest BCUT2D eigenvalue weighted by Crippen LogP contribution is 2.23. The Morgan fingerprint density at radius 2 is 1.35 bits per heavy atom. The number of carbonyl (C=O) groups excluding carboxylic acids is 1. The highest BCUT2D eigenvalue weighted by Gasteiger charge is 2.31. The second-order valence-electron chi connectivity index (χ2n) is 4.37. The van der Waals surface area contributed by atoms with Gasteiger partial charge in [0.25, 0.3) is 0 Å². The zero-order valence-electron chi connectivity index (χ0n) is 11.5. The van der Waals surface area contributed by atoms with Gasteiger partial charge < -0.3 is 4.84 Å². The van der Waals surface area contributed by atoms with Gasteiger partial charge in [0, 0.05) is 0 Å². The fraction of sp³-hybridized carbons (Fsp3) is 0.0667. The van der Waals surface area contributed by atoms with Crippen LogP contribution in [0.15, 0.2) is 35.5 Å². The second kappa shape index (κ2) is 6.55. The Kier molecular flexibility index (Phi) is 4.73. The predicted molar refractivity (Wildman–Crippen MR) is 70.3 cm³/mol. The Bertz CT molecular complexity index is 761. The number of hydrogen-bond acceptors (Lipinski definition) is 3. The van der Waals surface area contributed by atoms with Crippen LogP contribution >= 0.6 is 0 Å². The summed E-state index contributed by atoms with van der Waals surface area (Å²) in [6.45, 7) is 1.43. The van der Waals surface area contributed by atoms with Crippen molar-refractivity contribution in [2.75, 3.05) is 0 Å². The SMILES string of the molecule is C/C(=N/OC(=O)c1c(F)c(F)c(F)c(F)c1F)c1ccccc1. The molecule has 0 radical (unpaired) electrons. The van der Waals surface area contributed by atoms with E-state index in [1.165, 1.54) is 6.92 Å². The quantitative estimate of drug-likeness (QED) is 0.213. The summed E-state index contributed by atoms with van der Waals surface area (Å²) in [6, 6.07) is 8.29. The molecule has 0 heterocycles. The average Bonchev–Trinajstić information content (AvgIpc) is 2.57. The Balaban J connectivity index is 2.32. The molecule has 0 amide bonds. The lowest BCUT2D eigenvalue weighted by Crippen LogP contribution is -2.14. The van der Waals surface area contributed by atoms with Gasteiger partial charge >= 0.3 is 5.97 Å². The summed E-state index contributed by atoms with van der Waals surface area (Å²) < 4.78 is 65.8. The van der Waals surface area contributed by atoms with Gasteiger partial charge in [-0.3, -0.25) is 0 Å². The first-order chi connectivity index (χ1) is 10.8. The lowest BCUT2D eigenvalue weighted by Gasteiger charge is -2.06. The van der Waals surface area contributed by atoms with E-state index in [0.29, 0.717) is 5.56 Å². The van der Waals surface area contributed by atoms with E-state index in [2.05, 4.69) is 9.99 Å².